The van der Waals surface area contributed by atoms with Crippen molar-refractivity contribution in [3.63, 3.8) is 0 Å². The SMILES string of the molecule is O=C1COc2cc(NC(=O)c3cc(C4CC4)nn3-c3ccccc3)c(Cl)cc2N1. The van der Waals surface area contributed by atoms with Gasteiger partial charge in [0.05, 0.1) is 27.8 Å². The largest absolute Gasteiger partial charge is 0.482 e. The molecular weight excluding hydrogens is 392 g/mol. The number of ether oxygens (including phenoxy) is 1. The van der Waals surface area contributed by atoms with Crippen molar-refractivity contribution in [1.29, 1.82) is 0 Å². The number of fused-ring (bicyclic) bond motifs is 1. The van der Waals surface area contributed by atoms with Gasteiger partial charge in [0.25, 0.3) is 11.8 Å². The average molecular weight is 409 g/mol. The molecule has 1 aliphatic carbocycles. The first-order chi connectivity index (χ1) is 14.1. The lowest BCUT2D eigenvalue weighted by molar-refractivity contribution is -0.118. The van der Waals surface area contributed by atoms with E-state index >= 15 is 0 Å². The fourth-order valence-corrected chi connectivity index (χ4v) is 3.50. The van der Waals surface area contributed by atoms with Crippen LogP contribution in [0.2, 0.25) is 5.02 Å². The van der Waals surface area contributed by atoms with Crippen molar-refractivity contribution in [2.24, 2.45) is 0 Å². The third-order valence-corrected chi connectivity index (χ3v) is 5.22. The highest BCUT2D eigenvalue weighted by molar-refractivity contribution is 6.34. The molecule has 0 unspecified atom stereocenters. The number of carbonyl (C=O) groups is 2. The molecule has 0 spiro atoms. The van der Waals surface area contributed by atoms with Crippen LogP contribution < -0.4 is 15.4 Å². The van der Waals surface area contributed by atoms with Crippen LogP contribution in [0.5, 0.6) is 5.75 Å². The summed E-state index contributed by atoms with van der Waals surface area (Å²) in [4.78, 5) is 24.6. The summed E-state index contributed by atoms with van der Waals surface area (Å²) in [5.41, 5.74) is 3.05. The molecule has 2 amide bonds. The highest BCUT2D eigenvalue weighted by Crippen LogP contribution is 2.40. The summed E-state index contributed by atoms with van der Waals surface area (Å²) in [5.74, 6) is 0.301. The molecule has 2 heterocycles. The van der Waals surface area contributed by atoms with Gasteiger partial charge in [0.1, 0.15) is 11.4 Å². The lowest BCUT2D eigenvalue weighted by atomic mass is 10.2. The number of aromatic nitrogens is 2. The van der Waals surface area contributed by atoms with Gasteiger partial charge in [-0.15, -0.1) is 0 Å². The highest BCUT2D eigenvalue weighted by atomic mass is 35.5. The molecule has 2 aromatic carbocycles. The summed E-state index contributed by atoms with van der Waals surface area (Å²) in [6, 6.07) is 14.5. The Labute approximate surface area is 171 Å². The number of benzene rings is 2. The Morgan fingerprint density at radius 3 is 2.76 bits per heavy atom. The molecule has 0 atom stereocenters. The fourth-order valence-electron chi connectivity index (χ4n) is 3.29. The second kappa shape index (κ2) is 6.93. The van der Waals surface area contributed by atoms with E-state index in [9.17, 15) is 9.59 Å². The monoisotopic (exact) mass is 408 g/mol. The van der Waals surface area contributed by atoms with Crippen molar-refractivity contribution in [2.75, 3.05) is 17.2 Å². The number of nitrogens with zero attached hydrogens (tertiary/aromatic N) is 2. The van der Waals surface area contributed by atoms with Crippen molar-refractivity contribution in [3.05, 3.63) is 64.9 Å². The molecule has 1 fully saturated rings. The van der Waals surface area contributed by atoms with E-state index in [-0.39, 0.29) is 18.4 Å². The van der Waals surface area contributed by atoms with Crippen molar-refractivity contribution in [1.82, 2.24) is 9.78 Å². The lowest BCUT2D eigenvalue weighted by Gasteiger charge is -2.19. The predicted octanol–water partition coefficient (Wildman–Crippen LogP) is 3.99. The topological polar surface area (TPSA) is 85.2 Å². The molecule has 8 heteroatoms. The summed E-state index contributed by atoms with van der Waals surface area (Å²) in [5, 5.41) is 10.5. The first-order valence-corrected chi connectivity index (χ1v) is 9.69. The molecule has 0 radical (unpaired) electrons. The molecule has 5 rings (SSSR count). The second-order valence-electron chi connectivity index (χ2n) is 7.10. The number of hydrogen-bond donors (Lipinski definition) is 2. The minimum atomic E-state index is -0.324. The standard InChI is InChI=1S/C21H17ClN4O3/c22-14-8-17-19(29-11-20(27)23-17)10-16(14)24-21(28)18-9-15(12-6-7-12)25-26(18)13-4-2-1-3-5-13/h1-5,8-10,12H,6-7,11H2,(H,23,27)(H,24,28). The maximum Gasteiger partial charge on any atom is 0.274 e. The Kier molecular flexibility index (Phi) is 4.24. The van der Waals surface area contributed by atoms with E-state index in [4.69, 9.17) is 16.3 Å². The van der Waals surface area contributed by atoms with Crippen molar-refractivity contribution in [3.8, 4) is 11.4 Å². The van der Waals surface area contributed by atoms with Gasteiger partial charge in [0, 0.05) is 12.0 Å². The van der Waals surface area contributed by atoms with E-state index in [1.54, 1.807) is 16.8 Å². The fraction of sp³-hybridized carbons (Fsp3) is 0.190. The minimum Gasteiger partial charge on any atom is -0.482 e. The normalized spacial score (nSPS) is 15.3. The van der Waals surface area contributed by atoms with Crippen LogP contribution in [0.15, 0.2) is 48.5 Å². The average Bonchev–Trinajstić information content (AvgIpc) is 3.47. The molecule has 1 aliphatic heterocycles. The number of rotatable bonds is 4. The predicted molar refractivity (Wildman–Crippen MR) is 109 cm³/mol. The van der Waals surface area contributed by atoms with Crippen molar-refractivity contribution < 1.29 is 14.3 Å². The maximum absolute atomic E-state index is 13.1. The summed E-state index contributed by atoms with van der Waals surface area (Å²) < 4.78 is 7.07. The highest BCUT2D eigenvalue weighted by Gasteiger charge is 2.29. The van der Waals surface area contributed by atoms with E-state index in [1.165, 1.54) is 0 Å². The summed E-state index contributed by atoms with van der Waals surface area (Å²) in [6.45, 7) is -0.0758. The number of para-hydroxylation sites is 1. The molecule has 7 nitrogen and oxygen atoms in total. The zero-order chi connectivity index (χ0) is 20.0. The van der Waals surface area contributed by atoms with Crippen LogP contribution in [0.3, 0.4) is 0 Å². The molecular formula is C21H17ClN4O3. The van der Waals surface area contributed by atoms with Gasteiger partial charge in [0.2, 0.25) is 0 Å². The minimum absolute atomic E-state index is 0.0758. The Bertz CT molecular complexity index is 1120. The first-order valence-electron chi connectivity index (χ1n) is 9.31. The molecule has 2 aliphatic rings. The van der Waals surface area contributed by atoms with Gasteiger partial charge in [-0.25, -0.2) is 4.68 Å². The molecule has 1 aromatic heterocycles. The lowest BCUT2D eigenvalue weighted by Crippen LogP contribution is -2.25. The quantitative estimate of drug-likeness (QED) is 0.683. The van der Waals surface area contributed by atoms with Crippen LogP contribution in [0, 0.1) is 0 Å². The van der Waals surface area contributed by atoms with Crippen LogP contribution in [-0.4, -0.2) is 28.2 Å². The molecule has 1 saturated carbocycles. The second-order valence-corrected chi connectivity index (χ2v) is 7.50. The molecule has 3 aromatic rings. The third-order valence-electron chi connectivity index (χ3n) is 4.91. The van der Waals surface area contributed by atoms with Gasteiger partial charge in [0.15, 0.2) is 6.61 Å². The van der Waals surface area contributed by atoms with Gasteiger partial charge in [-0.3, -0.25) is 9.59 Å². The van der Waals surface area contributed by atoms with Crippen molar-refractivity contribution >= 4 is 34.8 Å². The van der Waals surface area contributed by atoms with E-state index in [1.807, 2.05) is 36.4 Å². The zero-order valence-corrected chi connectivity index (χ0v) is 16.1. The number of carbonyl (C=O) groups excluding carboxylic acids is 2. The number of nitrogens with one attached hydrogen (secondary N) is 2. The van der Waals surface area contributed by atoms with Crippen LogP contribution in [0.4, 0.5) is 11.4 Å². The summed E-state index contributed by atoms with van der Waals surface area (Å²) in [7, 11) is 0. The smallest absolute Gasteiger partial charge is 0.274 e. The van der Waals surface area contributed by atoms with Crippen LogP contribution in [-0.2, 0) is 4.79 Å². The molecule has 2 N–H and O–H groups in total. The summed E-state index contributed by atoms with van der Waals surface area (Å²) >= 11 is 6.32. The van der Waals surface area contributed by atoms with E-state index < -0.39 is 0 Å². The zero-order valence-electron chi connectivity index (χ0n) is 15.3. The van der Waals surface area contributed by atoms with E-state index in [0.29, 0.717) is 33.8 Å². The Hall–Kier alpha value is -3.32. The molecule has 0 saturated heterocycles. The molecule has 146 valence electrons. The van der Waals surface area contributed by atoms with Gasteiger partial charge in [-0.1, -0.05) is 29.8 Å². The molecule has 0 bridgehead atoms. The van der Waals surface area contributed by atoms with E-state index in [0.717, 1.165) is 24.2 Å². The van der Waals surface area contributed by atoms with E-state index in [2.05, 4.69) is 15.7 Å². The number of amides is 2. The van der Waals surface area contributed by atoms with Crippen LogP contribution in [0.25, 0.3) is 5.69 Å². The molecule has 29 heavy (non-hydrogen) atoms. The number of hydrogen-bond acceptors (Lipinski definition) is 4. The first kappa shape index (κ1) is 17.8. The Balaban J connectivity index is 1.48. The van der Waals surface area contributed by atoms with Crippen molar-refractivity contribution in [2.45, 2.75) is 18.8 Å². The van der Waals surface area contributed by atoms with Crippen LogP contribution in [0.1, 0.15) is 34.9 Å². The van der Waals surface area contributed by atoms with Gasteiger partial charge < -0.3 is 15.4 Å². The maximum atomic E-state index is 13.1. The Morgan fingerprint density at radius 1 is 1.21 bits per heavy atom. The van der Waals surface area contributed by atoms with Gasteiger partial charge >= 0.3 is 0 Å². The van der Waals surface area contributed by atoms with Gasteiger partial charge in [-0.05, 0) is 37.1 Å². The van der Waals surface area contributed by atoms with Crippen LogP contribution >= 0.6 is 11.6 Å². The number of anilines is 2. The number of halogens is 1. The Morgan fingerprint density at radius 2 is 2.00 bits per heavy atom. The van der Waals surface area contributed by atoms with Gasteiger partial charge in [-0.2, -0.15) is 5.10 Å². The summed E-state index contributed by atoms with van der Waals surface area (Å²) in [6.07, 6.45) is 2.18. The third kappa shape index (κ3) is 3.45.